The molecule has 0 spiro atoms. The molecule has 0 bridgehead atoms. The highest BCUT2D eigenvalue weighted by atomic mass is 32.2. The van der Waals surface area contributed by atoms with E-state index < -0.39 is 0 Å². The highest BCUT2D eigenvalue weighted by Gasteiger charge is 2.24. The largest absolute Gasteiger partial charge is 0.357 e. The predicted octanol–water partition coefficient (Wildman–Crippen LogP) is 2.99. The highest BCUT2D eigenvalue weighted by Crippen LogP contribution is 2.25. The number of aromatic nitrogens is 1. The first-order valence-electron chi connectivity index (χ1n) is 7.65. The van der Waals surface area contributed by atoms with E-state index in [1.165, 1.54) is 10.6 Å². The fraction of sp³-hybridized carbons (Fsp3) is 0.733. The molecule has 1 aliphatic rings. The lowest BCUT2D eigenvalue weighted by molar-refractivity contribution is 0.381. The first-order chi connectivity index (χ1) is 10.1. The van der Waals surface area contributed by atoms with E-state index in [-0.39, 0.29) is 0 Å². The van der Waals surface area contributed by atoms with E-state index in [1.807, 2.05) is 5.51 Å². The Morgan fingerprint density at radius 2 is 2.38 bits per heavy atom. The lowest BCUT2D eigenvalue weighted by Gasteiger charge is -2.36. The van der Waals surface area contributed by atoms with Gasteiger partial charge in [-0.25, -0.2) is 9.98 Å². The zero-order valence-electron chi connectivity index (χ0n) is 13.4. The predicted molar refractivity (Wildman–Crippen MR) is 94.3 cm³/mol. The van der Waals surface area contributed by atoms with Crippen molar-refractivity contribution in [2.24, 2.45) is 10.9 Å². The average molecular weight is 327 g/mol. The van der Waals surface area contributed by atoms with Gasteiger partial charge in [0.15, 0.2) is 5.96 Å². The van der Waals surface area contributed by atoms with Crippen LogP contribution >= 0.6 is 23.1 Å². The van der Waals surface area contributed by atoms with Crippen molar-refractivity contribution in [1.29, 1.82) is 0 Å². The molecule has 6 heteroatoms. The minimum atomic E-state index is 0.702. The highest BCUT2D eigenvalue weighted by molar-refractivity contribution is 8.00. The van der Waals surface area contributed by atoms with Crippen molar-refractivity contribution in [1.82, 2.24) is 15.2 Å². The van der Waals surface area contributed by atoms with Gasteiger partial charge in [0, 0.05) is 35.5 Å². The van der Waals surface area contributed by atoms with Crippen LogP contribution in [0.25, 0.3) is 0 Å². The first kappa shape index (κ1) is 16.6. The lowest BCUT2D eigenvalue weighted by atomic mass is 10.1. The fourth-order valence-corrected chi connectivity index (χ4v) is 4.32. The summed E-state index contributed by atoms with van der Waals surface area (Å²) >= 11 is 3.79. The summed E-state index contributed by atoms with van der Waals surface area (Å²) < 4.78 is 0. The number of nitrogens with one attached hydrogen (secondary N) is 1. The van der Waals surface area contributed by atoms with Gasteiger partial charge in [0.25, 0.3) is 0 Å². The molecule has 0 aliphatic carbocycles. The Bertz CT molecular complexity index is 470. The molecule has 1 atom stereocenters. The van der Waals surface area contributed by atoms with Crippen LogP contribution in [-0.2, 0) is 6.54 Å². The van der Waals surface area contributed by atoms with Crippen molar-refractivity contribution in [3.8, 4) is 0 Å². The smallest absolute Gasteiger partial charge is 0.194 e. The maximum Gasteiger partial charge on any atom is 0.194 e. The van der Waals surface area contributed by atoms with Crippen LogP contribution in [0.5, 0.6) is 0 Å². The molecule has 0 radical (unpaired) electrons. The van der Waals surface area contributed by atoms with Gasteiger partial charge < -0.3 is 10.2 Å². The summed E-state index contributed by atoms with van der Waals surface area (Å²) in [6, 6.07) is 0. The van der Waals surface area contributed by atoms with Crippen LogP contribution < -0.4 is 5.32 Å². The van der Waals surface area contributed by atoms with E-state index in [2.05, 4.69) is 54.7 Å². The molecular weight excluding hydrogens is 300 g/mol. The molecule has 1 aromatic heterocycles. The topological polar surface area (TPSA) is 40.5 Å². The molecule has 2 rings (SSSR count). The minimum Gasteiger partial charge on any atom is -0.357 e. The molecule has 4 nitrogen and oxygen atoms in total. The van der Waals surface area contributed by atoms with E-state index in [9.17, 15) is 0 Å². The monoisotopic (exact) mass is 326 g/mol. The van der Waals surface area contributed by atoms with Gasteiger partial charge in [-0.15, -0.1) is 11.3 Å². The van der Waals surface area contributed by atoms with Gasteiger partial charge >= 0.3 is 0 Å². The number of rotatable bonds is 4. The number of hydrogen-bond acceptors (Lipinski definition) is 4. The normalized spacial score (nSPS) is 20.1. The first-order valence-corrected chi connectivity index (χ1v) is 9.58. The molecule has 1 aliphatic heterocycles. The van der Waals surface area contributed by atoms with Gasteiger partial charge in [0.2, 0.25) is 0 Å². The lowest BCUT2D eigenvalue weighted by Crippen LogP contribution is -2.49. The summed E-state index contributed by atoms with van der Waals surface area (Å²) in [6.45, 7) is 12.6. The Kier molecular flexibility index (Phi) is 6.36. The van der Waals surface area contributed by atoms with E-state index in [1.54, 1.807) is 11.3 Å². The van der Waals surface area contributed by atoms with E-state index in [0.717, 1.165) is 37.8 Å². The Morgan fingerprint density at radius 3 is 3.00 bits per heavy atom. The second-order valence-electron chi connectivity index (χ2n) is 5.63. The summed E-state index contributed by atoms with van der Waals surface area (Å²) in [7, 11) is 0. The second kappa shape index (κ2) is 8.03. The van der Waals surface area contributed by atoms with Crippen molar-refractivity contribution in [2.75, 3.05) is 25.4 Å². The van der Waals surface area contributed by atoms with Crippen molar-refractivity contribution < 1.29 is 0 Å². The van der Waals surface area contributed by atoms with Crippen LogP contribution in [0.2, 0.25) is 0 Å². The van der Waals surface area contributed by atoms with Crippen LogP contribution in [0.1, 0.15) is 31.3 Å². The van der Waals surface area contributed by atoms with Crippen LogP contribution in [0.15, 0.2) is 10.5 Å². The molecule has 0 amide bonds. The number of thiazole rings is 1. The second-order valence-corrected chi connectivity index (χ2v) is 7.92. The summed E-state index contributed by atoms with van der Waals surface area (Å²) in [5.41, 5.74) is 3.01. The summed E-state index contributed by atoms with van der Waals surface area (Å²) in [4.78, 5) is 12.8. The number of thioether (sulfide) groups is 1. The van der Waals surface area contributed by atoms with E-state index in [4.69, 9.17) is 4.99 Å². The fourth-order valence-electron chi connectivity index (χ4n) is 2.32. The summed E-state index contributed by atoms with van der Waals surface area (Å²) in [5.74, 6) is 2.95. The molecule has 0 saturated carbocycles. The molecule has 1 unspecified atom stereocenters. The molecule has 1 N–H and O–H groups in total. The minimum absolute atomic E-state index is 0.702. The van der Waals surface area contributed by atoms with E-state index >= 15 is 0 Å². The van der Waals surface area contributed by atoms with Gasteiger partial charge in [0.1, 0.15) is 0 Å². The van der Waals surface area contributed by atoms with Crippen LogP contribution in [0.4, 0.5) is 0 Å². The van der Waals surface area contributed by atoms with Gasteiger partial charge in [-0.1, -0.05) is 13.8 Å². The van der Waals surface area contributed by atoms with Crippen LogP contribution in [0, 0.1) is 12.8 Å². The molecule has 0 aromatic carbocycles. The maximum atomic E-state index is 4.83. The van der Waals surface area contributed by atoms with Gasteiger partial charge in [-0.3, -0.25) is 0 Å². The number of hydrogen-bond donors (Lipinski definition) is 1. The molecule has 2 heterocycles. The Labute approximate surface area is 136 Å². The maximum absolute atomic E-state index is 4.83. The van der Waals surface area contributed by atoms with Gasteiger partial charge in [-0.05, 0) is 19.8 Å². The Balaban J connectivity index is 2.05. The van der Waals surface area contributed by atoms with Crippen LogP contribution in [0.3, 0.4) is 0 Å². The van der Waals surface area contributed by atoms with Crippen molar-refractivity contribution in [2.45, 2.75) is 39.5 Å². The van der Waals surface area contributed by atoms with Gasteiger partial charge in [0.05, 0.1) is 17.7 Å². The van der Waals surface area contributed by atoms with Crippen molar-refractivity contribution >= 4 is 29.1 Å². The molecule has 118 valence electrons. The summed E-state index contributed by atoms with van der Waals surface area (Å²) in [5, 5.41) is 4.15. The zero-order chi connectivity index (χ0) is 15.2. The number of aryl methyl sites for hydroxylation is 1. The number of nitrogens with zero attached hydrogens (tertiary/aromatic N) is 3. The van der Waals surface area contributed by atoms with Crippen molar-refractivity contribution in [3.63, 3.8) is 0 Å². The SMILES string of the molecule is CCNC(=NCc1scnc1C)N1CCSC(C(C)C)C1. The zero-order valence-corrected chi connectivity index (χ0v) is 15.1. The van der Waals surface area contributed by atoms with E-state index in [0.29, 0.717) is 11.2 Å². The average Bonchev–Trinajstić information content (AvgIpc) is 2.89. The van der Waals surface area contributed by atoms with Crippen LogP contribution in [-0.4, -0.2) is 46.5 Å². The number of guanidine groups is 1. The number of aliphatic imine (C=N–C) groups is 1. The third-order valence-corrected chi connectivity index (χ3v) is 6.15. The Hall–Kier alpha value is -0.750. The molecular formula is C15H26N4S2. The Morgan fingerprint density at radius 1 is 1.57 bits per heavy atom. The molecule has 1 saturated heterocycles. The third kappa shape index (κ3) is 4.61. The summed E-state index contributed by atoms with van der Waals surface area (Å²) in [6.07, 6.45) is 0. The molecule has 21 heavy (non-hydrogen) atoms. The quantitative estimate of drug-likeness (QED) is 0.682. The standard InChI is InChI=1S/C15H26N4S2/c1-5-16-15(17-8-13-12(4)18-10-21-13)19-6-7-20-14(9-19)11(2)3/h10-11,14H,5-9H2,1-4H3,(H,16,17). The van der Waals surface area contributed by atoms with Gasteiger partial charge in [-0.2, -0.15) is 11.8 Å². The third-order valence-electron chi connectivity index (χ3n) is 3.69. The molecule has 1 aromatic rings. The molecule has 1 fully saturated rings. The van der Waals surface area contributed by atoms with Crippen molar-refractivity contribution in [3.05, 3.63) is 16.1 Å².